The van der Waals surface area contributed by atoms with Crippen LogP contribution in [0.15, 0.2) is 29.3 Å². The van der Waals surface area contributed by atoms with E-state index in [-0.39, 0.29) is 24.0 Å². The molecule has 1 fully saturated rings. The fraction of sp³-hybridized carbons (Fsp3) is 0.611. The van der Waals surface area contributed by atoms with Crippen molar-refractivity contribution in [3.63, 3.8) is 0 Å². The van der Waals surface area contributed by atoms with E-state index >= 15 is 0 Å². The molecule has 0 saturated carbocycles. The van der Waals surface area contributed by atoms with Crippen molar-refractivity contribution < 1.29 is 9.47 Å². The van der Waals surface area contributed by atoms with Crippen LogP contribution in [0.5, 0.6) is 0 Å². The van der Waals surface area contributed by atoms with Gasteiger partial charge in [0.05, 0.1) is 13.2 Å². The number of halogens is 1. The molecule has 2 rings (SSSR count). The molecule has 0 aliphatic carbocycles. The smallest absolute Gasteiger partial charge is 0.191 e. The molecule has 25 heavy (non-hydrogen) atoms. The molecule has 0 radical (unpaired) electrons. The van der Waals surface area contributed by atoms with Crippen LogP contribution < -0.4 is 15.5 Å². The fourth-order valence-corrected chi connectivity index (χ4v) is 2.58. The van der Waals surface area contributed by atoms with Gasteiger partial charge in [-0.2, -0.15) is 0 Å². The molecule has 0 bridgehead atoms. The van der Waals surface area contributed by atoms with E-state index in [1.807, 2.05) is 6.92 Å². The second-order valence-corrected chi connectivity index (χ2v) is 5.67. The molecular weight excluding hydrogens is 431 g/mol. The van der Waals surface area contributed by atoms with Gasteiger partial charge in [0.25, 0.3) is 0 Å². The van der Waals surface area contributed by atoms with Crippen molar-refractivity contribution in [2.45, 2.75) is 19.9 Å². The van der Waals surface area contributed by atoms with E-state index in [1.165, 1.54) is 11.3 Å². The van der Waals surface area contributed by atoms with Crippen LogP contribution in [-0.4, -0.2) is 59.1 Å². The molecule has 6 nitrogen and oxygen atoms in total. The van der Waals surface area contributed by atoms with Gasteiger partial charge in [-0.15, -0.1) is 24.0 Å². The minimum Gasteiger partial charge on any atom is -0.382 e. The lowest BCUT2D eigenvalue weighted by Crippen LogP contribution is -2.37. The SMILES string of the molecule is CCOCCCNC(=NC)NCc1ccc(N2CCOCC2)cc1.I. The number of hydrogen-bond acceptors (Lipinski definition) is 4. The van der Waals surface area contributed by atoms with Crippen LogP contribution in [0.25, 0.3) is 0 Å². The number of ether oxygens (including phenoxy) is 2. The van der Waals surface area contributed by atoms with E-state index in [1.54, 1.807) is 7.05 Å². The minimum atomic E-state index is 0. The van der Waals surface area contributed by atoms with Gasteiger partial charge in [-0.25, -0.2) is 0 Å². The Morgan fingerprint density at radius 2 is 1.92 bits per heavy atom. The summed E-state index contributed by atoms with van der Waals surface area (Å²) in [7, 11) is 1.79. The average Bonchev–Trinajstić information content (AvgIpc) is 2.65. The van der Waals surface area contributed by atoms with E-state index in [9.17, 15) is 0 Å². The summed E-state index contributed by atoms with van der Waals surface area (Å²) in [6.45, 7) is 8.74. The van der Waals surface area contributed by atoms with E-state index < -0.39 is 0 Å². The molecule has 0 spiro atoms. The van der Waals surface area contributed by atoms with Gasteiger partial charge in [0.1, 0.15) is 0 Å². The van der Waals surface area contributed by atoms with E-state index in [0.29, 0.717) is 0 Å². The average molecular weight is 462 g/mol. The van der Waals surface area contributed by atoms with Crippen LogP contribution in [0.4, 0.5) is 5.69 Å². The van der Waals surface area contributed by atoms with Gasteiger partial charge in [0.2, 0.25) is 0 Å². The van der Waals surface area contributed by atoms with Crippen molar-refractivity contribution in [3.8, 4) is 0 Å². The highest BCUT2D eigenvalue weighted by atomic mass is 127. The first-order valence-corrected chi connectivity index (χ1v) is 8.77. The van der Waals surface area contributed by atoms with Crippen molar-refractivity contribution >= 4 is 35.6 Å². The summed E-state index contributed by atoms with van der Waals surface area (Å²) < 4.78 is 10.7. The Hall–Kier alpha value is -1.06. The lowest BCUT2D eigenvalue weighted by Gasteiger charge is -2.28. The maximum absolute atomic E-state index is 5.40. The van der Waals surface area contributed by atoms with Crippen LogP contribution in [0.2, 0.25) is 0 Å². The number of morpholine rings is 1. The van der Waals surface area contributed by atoms with Crippen molar-refractivity contribution in [2.24, 2.45) is 4.99 Å². The lowest BCUT2D eigenvalue weighted by atomic mass is 10.2. The van der Waals surface area contributed by atoms with Gasteiger partial charge in [0, 0.05) is 52.1 Å². The number of nitrogens with zero attached hydrogens (tertiary/aromatic N) is 2. The standard InChI is InChI=1S/C18H30N4O2.HI/c1-3-23-12-4-9-20-18(19-2)21-15-16-5-7-17(8-6-16)22-10-13-24-14-11-22;/h5-8H,3-4,9-15H2,1-2H3,(H2,19,20,21);1H. The molecule has 7 heteroatoms. The van der Waals surface area contributed by atoms with Gasteiger partial charge in [-0.1, -0.05) is 12.1 Å². The van der Waals surface area contributed by atoms with Crippen molar-refractivity contribution in [1.29, 1.82) is 0 Å². The molecular formula is C18H31IN4O2. The second kappa shape index (κ2) is 13.2. The number of rotatable bonds is 8. The van der Waals surface area contributed by atoms with Gasteiger partial charge in [0.15, 0.2) is 5.96 Å². The molecule has 1 saturated heterocycles. The lowest BCUT2D eigenvalue weighted by molar-refractivity contribution is 0.122. The zero-order valence-electron chi connectivity index (χ0n) is 15.3. The maximum atomic E-state index is 5.40. The summed E-state index contributed by atoms with van der Waals surface area (Å²) in [5.74, 6) is 0.823. The quantitative estimate of drug-likeness (QED) is 0.269. The highest BCUT2D eigenvalue weighted by Crippen LogP contribution is 2.16. The summed E-state index contributed by atoms with van der Waals surface area (Å²) in [5.41, 5.74) is 2.50. The van der Waals surface area contributed by atoms with Crippen molar-refractivity contribution in [2.75, 3.05) is 58.0 Å². The Morgan fingerprint density at radius 1 is 1.20 bits per heavy atom. The van der Waals surface area contributed by atoms with Crippen LogP contribution in [-0.2, 0) is 16.0 Å². The molecule has 1 aromatic carbocycles. The molecule has 0 aromatic heterocycles. The fourth-order valence-electron chi connectivity index (χ4n) is 2.58. The Balaban J connectivity index is 0.00000312. The zero-order chi connectivity index (χ0) is 17.0. The molecule has 0 atom stereocenters. The Bertz CT molecular complexity index is 490. The minimum absolute atomic E-state index is 0. The van der Waals surface area contributed by atoms with Gasteiger partial charge < -0.3 is 25.0 Å². The first-order valence-electron chi connectivity index (χ1n) is 8.77. The molecule has 1 aliphatic rings. The Labute approximate surface area is 168 Å². The van der Waals surface area contributed by atoms with Gasteiger partial charge in [-0.3, -0.25) is 4.99 Å². The third kappa shape index (κ3) is 8.24. The number of nitrogens with one attached hydrogen (secondary N) is 2. The Kier molecular flexibility index (Phi) is 11.6. The molecule has 142 valence electrons. The molecule has 0 unspecified atom stereocenters. The summed E-state index contributed by atoms with van der Waals surface area (Å²) >= 11 is 0. The topological polar surface area (TPSA) is 58.1 Å². The van der Waals surface area contributed by atoms with E-state index in [4.69, 9.17) is 9.47 Å². The highest BCUT2D eigenvalue weighted by Gasteiger charge is 2.10. The number of aliphatic imine (C=N–C) groups is 1. The third-order valence-corrected chi connectivity index (χ3v) is 3.96. The van der Waals surface area contributed by atoms with Crippen LogP contribution >= 0.6 is 24.0 Å². The molecule has 1 aliphatic heterocycles. The second-order valence-electron chi connectivity index (χ2n) is 5.67. The third-order valence-electron chi connectivity index (χ3n) is 3.96. The zero-order valence-corrected chi connectivity index (χ0v) is 17.6. The van der Waals surface area contributed by atoms with Gasteiger partial charge in [-0.05, 0) is 31.0 Å². The van der Waals surface area contributed by atoms with Crippen LogP contribution in [0.3, 0.4) is 0 Å². The predicted octanol–water partition coefficient (Wildman–Crippen LogP) is 2.23. The summed E-state index contributed by atoms with van der Waals surface area (Å²) in [5, 5.41) is 6.64. The number of guanidine groups is 1. The summed E-state index contributed by atoms with van der Waals surface area (Å²) in [6, 6.07) is 8.70. The number of hydrogen-bond donors (Lipinski definition) is 2. The monoisotopic (exact) mass is 462 g/mol. The normalized spacial score (nSPS) is 14.8. The molecule has 1 heterocycles. The Morgan fingerprint density at radius 3 is 2.56 bits per heavy atom. The van der Waals surface area contributed by atoms with Crippen molar-refractivity contribution in [3.05, 3.63) is 29.8 Å². The summed E-state index contributed by atoms with van der Waals surface area (Å²) in [6.07, 6.45) is 0.975. The maximum Gasteiger partial charge on any atom is 0.191 e. The molecule has 2 N–H and O–H groups in total. The first kappa shape index (κ1) is 22.0. The molecule has 0 amide bonds. The van der Waals surface area contributed by atoms with Gasteiger partial charge >= 0.3 is 0 Å². The van der Waals surface area contributed by atoms with E-state index in [0.717, 1.165) is 65.0 Å². The van der Waals surface area contributed by atoms with Crippen molar-refractivity contribution in [1.82, 2.24) is 10.6 Å². The molecule has 1 aromatic rings. The van der Waals surface area contributed by atoms with Crippen LogP contribution in [0, 0.1) is 0 Å². The largest absolute Gasteiger partial charge is 0.382 e. The number of benzene rings is 1. The highest BCUT2D eigenvalue weighted by molar-refractivity contribution is 14.0. The first-order chi connectivity index (χ1) is 11.8. The van der Waals surface area contributed by atoms with E-state index in [2.05, 4.69) is 44.8 Å². The van der Waals surface area contributed by atoms with Crippen LogP contribution in [0.1, 0.15) is 18.9 Å². The summed E-state index contributed by atoms with van der Waals surface area (Å²) in [4.78, 5) is 6.60. The predicted molar refractivity (Wildman–Crippen MR) is 114 cm³/mol. The number of anilines is 1.